The average molecular weight is 221 g/mol. The molecule has 1 aromatic rings. The maximum absolute atomic E-state index is 11.7. The summed E-state index contributed by atoms with van der Waals surface area (Å²) in [5.74, 6) is 0.0208. The highest BCUT2D eigenvalue weighted by Crippen LogP contribution is 2.10. The van der Waals surface area contributed by atoms with Crippen LogP contribution in [0.3, 0.4) is 0 Å². The van der Waals surface area contributed by atoms with Crippen molar-refractivity contribution in [2.75, 3.05) is 0 Å². The molecular weight excluding hydrogens is 202 g/mol. The summed E-state index contributed by atoms with van der Waals surface area (Å²) >= 11 is 0. The van der Waals surface area contributed by atoms with Gasteiger partial charge in [-0.05, 0) is 24.5 Å². The first kappa shape index (κ1) is 12.6. The molecule has 0 bridgehead atoms. The topological polar surface area (TPSA) is 68.0 Å². The van der Waals surface area contributed by atoms with Crippen LogP contribution in [0.15, 0.2) is 24.5 Å². The van der Waals surface area contributed by atoms with E-state index >= 15 is 0 Å². The Kier molecular flexibility index (Phi) is 4.43. The minimum absolute atomic E-state index is 0.0639. The molecule has 0 spiro atoms. The van der Waals surface area contributed by atoms with Crippen LogP contribution in [0.1, 0.15) is 32.4 Å². The molecule has 0 aliphatic heterocycles. The van der Waals surface area contributed by atoms with Crippen LogP contribution in [0, 0.1) is 5.92 Å². The van der Waals surface area contributed by atoms with Crippen LogP contribution in [-0.2, 0) is 4.79 Å². The summed E-state index contributed by atoms with van der Waals surface area (Å²) in [4.78, 5) is 15.7. The van der Waals surface area contributed by atoms with E-state index in [0.29, 0.717) is 0 Å². The van der Waals surface area contributed by atoms with Gasteiger partial charge in [-0.25, -0.2) is 0 Å². The fraction of sp³-hybridized carbons (Fsp3) is 0.500. The Labute approximate surface area is 96.3 Å². The van der Waals surface area contributed by atoms with Gasteiger partial charge in [0.25, 0.3) is 0 Å². The fourth-order valence-electron chi connectivity index (χ4n) is 1.33. The van der Waals surface area contributed by atoms with E-state index in [1.54, 1.807) is 12.4 Å². The largest absolute Gasteiger partial charge is 0.348 e. The molecule has 0 radical (unpaired) electrons. The first-order chi connectivity index (χ1) is 7.52. The van der Waals surface area contributed by atoms with Crippen LogP contribution < -0.4 is 11.1 Å². The van der Waals surface area contributed by atoms with E-state index in [4.69, 9.17) is 5.73 Å². The summed E-state index contributed by atoms with van der Waals surface area (Å²) in [6.45, 7) is 5.78. The van der Waals surface area contributed by atoms with E-state index in [-0.39, 0.29) is 17.9 Å². The number of carbonyl (C=O) groups is 1. The second-order valence-corrected chi connectivity index (χ2v) is 4.29. The number of nitrogens with one attached hydrogen (secondary N) is 1. The van der Waals surface area contributed by atoms with Crippen LogP contribution in [0.4, 0.5) is 0 Å². The predicted molar refractivity (Wildman–Crippen MR) is 63.6 cm³/mol. The molecule has 1 aromatic heterocycles. The van der Waals surface area contributed by atoms with Gasteiger partial charge in [0.05, 0.1) is 12.1 Å². The van der Waals surface area contributed by atoms with Crippen LogP contribution in [-0.4, -0.2) is 16.9 Å². The normalized spacial score (nSPS) is 14.6. The van der Waals surface area contributed by atoms with E-state index in [9.17, 15) is 4.79 Å². The molecule has 0 aromatic carbocycles. The van der Waals surface area contributed by atoms with Gasteiger partial charge in [-0.1, -0.05) is 19.9 Å². The highest BCUT2D eigenvalue weighted by Gasteiger charge is 2.19. The molecule has 4 nitrogen and oxygen atoms in total. The Hall–Kier alpha value is -1.42. The van der Waals surface area contributed by atoms with Crippen LogP contribution in [0.25, 0.3) is 0 Å². The Morgan fingerprint density at radius 3 is 2.62 bits per heavy atom. The van der Waals surface area contributed by atoms with Gasteiger partial charge in [0.15, 0.2) is 0 Å². The molecule has 0 saturated carbocycles. The van der Waals surface area contributed by atoms with E-state index in [1.165, 1.54) is 0 Å². The molecule has 0 aliphatic rings. The molecule has 3 N–H and O–H groups in total. The average Bonchev–Trinajstić information content (AvgIpc) is 2.28. The standard InChI is InChI=1S/C12H19N3O/c1-8(2)11(13)12(16)15-9(3)10-5-4-6-14-7-10/h4-9,11H,13H2,1-3H3,(H,15,16)/t9-,11+/m1/s1. The SMILES string of the molecule is CC(C)[C@H](N)C(=O)N[C@H](C)c1cccnc1. The molecule has 0 fully saturated rings. The second-order valence-electron chi connectivity index (χ2n) is 4.29. The zero-order chi connectivity index (χ0) is 12.1. The van der Waals surface area contributed by atoms with Crippen molar-refractivity contribution < 1.29 is 4.79 Å². The number of hydrogen-bond acceptors (Lipinski definition) is 3. The third-order valence-corrected chi connectivity index (χ3v) is 2.56. The smallest absolute Gasteiger partial charge is 0.237 e. The minimum atomic E-state index is -0.459. The van der Waals surface area contributed by atoms with Crippen molar-refractivity contribution in [3.05, 3.63) is 30.1 Å². The van der Waals surface area contributed by atoms with Gasteiger partial charge in [-0.3, -0.25) is 9.78 Å². The molecule has 1 amide bonds. The molecule has 1 heterocycles. The van der Waals surface area contributed by atoms with Gasteiger partial charge in [0.2, 0.25) is 5.91 Å². The van der Waals surface area contributed by atoms with Gasteiger partial charge in [0, 0.05) is 12.4 Å². The first-order valence-corrected chi connectivity index (χ1v) is 5.48. The number of nitrogens with zero attached hydrogens (tertiary/aromatic N) is 1. The maximum Gasteiger partial charge on any atom is 0.237 e. The van der Waals surface area contributed by atoms with E-state index < -0.39 is 6.04 Å². The lowest BCUT2D eigenvalue weighted by Gasteiger charge is -2.19. The van der Waals surface area contributed by atoms with E-state index in [1.807, 2.05) is 32.9 Å². The van der Waals surface area contributed by atoms with Crippen molar-refractivity contribution in [1.29, 1.82) is 0 Å². The highest BCUT2D eigenvalue weighted by molar-refractivity contribution is 5.82. The number of aromatic nitrogens is 1. The number of pyridine rings is 1. The van der Waals surface area contributed by atoms with Crippen molar-refractivity contribution in [1.82, 2.24) is 10.3 Å². The zero-order valence-electron chi connectivity index (χ0n) is 9.97. The van der Waals surface area contributed by atoms with E-state index in [2.05, 4.69) is 10.3 Å². The van der Waals surface area contributed by atoms with Crippen LogP contribution in [0.5, 0.6) is 0 Å². The van der Waals surface area contributed by atoms with Gasteiger partial charge >= 0.3 is 0 Å². The minimum Gasteiger partial charge on any atom is -0.348 e. The fourth-order valence-corrected chi connectivity index (χ4v) is 1.33. The molecule has 2 atom stereocenters. The monoisotopic (exact) mass is 221 g/mol. The summed E-state index contributed by atoms with van der Waals surface area (Å²) in [7, 11) is 0. The lowest BCUT2D eigenvalue weighted by Crippen LogP contribution is -2.44. The molecule has 0 aliphatic carbocycles. The van der Waals surface area contributed by atoms with Crippen molar-refractivity contribution >= 4 is 5.91 Å². The summed E-state index contributed by atoms with van der Waals surface area (Å²) in [5.41, 5.74) is 6.74. The van der Waals surface area contributed by atoms with E-state index in [0.717, 1.165) is 5.56 Å². The summed E-state index contributed by atoms with van der Waals surface area (Å²) in [5, 5.41) is 2.87. The van der Waals surface area contributed by atoms with Gasteiger partial charge in [-0.2, -0.15) is 0 Å². The number of nitrogens with two attached hydrogens (primary N) is 1. The second kappa shape index (κ2) is 5.61. The maximum atomic E-state index is 11.7. The van der Waals surface area contributed by atoms with Crippen LogP contribution >= 0.6 is 0 Å². The molecule has 88 valence electrons. The lowest BCUT2D eigenvalue weighted by atomic mass is 10.0. The Morgan fingerprint density at radius 1 is 1.44 bits per heavy atom. The number of rotatable bonds is 4. The zero-order valence-corrected chi connectivity index (χ0v) is 9.97. The molecule has 1 rings (SSSR count). The highest BCUT2D eigenvalue weighted by atomic mass is 16.2. The van der Waals surface area contributed by atoms with Gasteiger partial charge < -0.3 is 11.1 Å². The Balaban J connectivity index is 2.58. The predicted octanol–water partition coefficient (Wildman–Crippen LogP) is 1.24. The van der Waals surface area contributed by atoms with Crippen molar-refractivity contribution in [3.8, 4) is 0 Å². The molecule has 0 unspecified atom stereocenters. The molecule has 4 heteroatoms. The molecule has 0 saturated heterocycles. The van der Waals surface area contributed by atoms with Crippen molar-refractivity contribution in [3.63, 3.8) is 0 Å². The van der Waals surface area contributed by atoms with Gasteiger partial charge in [0.1, 0.15) is 0 Å². The van der Waals surface area contributed by atoms with Crippen LogP contribution in [0.2, 0.25) is 0 Å². The van der Waals surface area contributed by atoms with Crippen molar-refractivity contribution in [2.45, 2.75) is 32.9 Å². The Bertz CT molecular complexity index is 337. The lowest BCUT2D eigenvalue weighted by molar-refractivity contribution is -0.123. The molecule has 16 heavy (non-hydrogen) atoms. The summed E-state index contributed by atoms with van der Waals surface area (Å²) < 4.78 is 0. The number of carbonyl (C=O) groups excluding carboxylic acids is 1. The number of hydrogen-bond donors (Lipinski definition) is 2. The first-order valence-electron chi connectivity index (χ1n) is 5.48. The van der Waals surface area contributed by atoms with Gasteiger partial charge in [-0.15, -0.1) is 0 Å². The third kappa shape index (κ3) is 3.31. The third-order valence-electron chi connectivity index (χ3n) is 2.56. The number of amides is 1. The summed E-state index contributed by atoms with van der Waals surface area (Å²) in [6.07, 6.45) is 3.45. The van der Waals surface area contributed by atoms with Crippen molar-refractivity contribution in [2.24, 2.45) is 11.7 Å². The summed E-state index contributed by atoms with van der Waals surface area (Å²) in [6, 6.07) is 3.25. The molecular formula is C12H19N3O. The quantitative estimate of drug-likeness (QED) is 0.803. The Morgan fingerprint density at radius 2 is 2.12 bits per heavy atom.